The minimum atomic E-state index is 0.520. The summed E-state index contributed by atoms with van der Waals surface area (Å²) in [7, 11) is 0. The second kappa shape index (κ2) is 3.85. The molecule has 3 aromatic heterocycles. The van der Waals surface area contributed by atoms with Gasteiger partial charge in [-0.05, 0) is 30.0 Å². The Morgan fingerprint density at radius 2 is 2.35 bits per heavy atom. The van der Waals surface area contributed by atoms with E-state index in [-0.39, 0.29) is 0 Å². The Hall–Kier alpha value is -1.88. The van der Waals surface area contributed by atoms with Crippen LogP contribution in [0.1, 0.15) is 10.4 Å². The topological polar surface area (TPSA) is 56.7 Å². The fourth-order valence-corrected chi connectivity index (χ4v) is 2.54. The number of aromatic nitrogens is 3. The number of imidazole rings is 1. The number of hydrogen-bond acceptors (Lipinski definition) is 4. The lowest BCUT2D eigenvalue weighted by Crippen LogP contribution is -2.04. The van der Waals surface area contributed by atoms with Gasteiger partial charge >= 0.3 is 0 Å². The van der Waals surface area contributed by atoms with Gasteiger partial charge in [-0.1, -0.05) is 6.07 Å². The van der Waals surface area contributed by atoms with Gasteiger partial charge in [-0.2, -0.15) is 0 Å². The van der Waals surface area contributed by atoms with Gasteiger partial charge in [0, 0.05) is 11.1 Å². The molecule has 0 atom stereocenters. The lowest BCUT2D eigenvalue weighted by atomic mass is 10.3. The lowest BCUT2D eigenvalue weighted by Gasteiger charge is -2.03. The number of aryl methyl sites for hydroxylation is 1. The van der Waals surface area contributed by atoms with Gasteiger partial charge in [0.2, 0.25) is 5.95 Å². The molecule has 4 nitrogen and oxygen atoms in total. The first-order valence-electron chi connectivity index (χ1n) is 5.35. The number of pyridine rings is 1. The highest BCUT2D eigenvalue weighted by molar-refractivity contribution is 7.09. The minimum Gasteiger partial charge on any atom is -0.369 e. The fourth-order valence-electron chi connectivity index (χ4n) is 1.84. The van der Waals surface area contributed by atoms with Crippen LogP contribution in [0.15, 0.2) is 29.8 Å². The van der Waals surface area contributed by atoms with Crippen LogP contribution in [0.25, 0.3) is 11.2 Å². The average Bonchev–Trinajstić information content (AvgIpc) is 2.88. The maximum Gasteiger partial charge on any atom is 0.202 e. The zero-order chi connectivity index (χ0) is 11.8. The summed E-state index contributed by atoms with van der Waals surface area (Å²) >= 11 is 1.71. The van der Waals surface area contributed by atoms with Crippen molar-refractivity contribution < 1.29 is 0 Å². The van der Waals surface area contributed by atoms with Gasteiger partial charge in [0.05, 0.1) is 6.54 Å². The summed E-state index contributed by atoms with van der Waals surface area (Å²) in [6.07, 6.45) is 1.84. The maximum absolute atomic E-state index is 5.94. The summed E-state index contributed by atoms with van der Waals surface area (Å²) in [5.74, 6) is 0.520. The van der Waals surface area contributed by atoms with Crippen molar-refractivity contribution in [3.05, 3.63) is 40.2 Å². The Bertz CT molecular complexity index is 655. The molecule has 0 radical (unpaired) electrons. The number of rotatable bonds is 2. The van der Waals surface area contributed by atoms with Crippen LogP contribution in [0.4, 0.5) is 5.95 Å². The van der Waals surface area contributed by atoms with Crippen LogP contribution in [0, 0.1) is 6.92 Å². The van der Waals surface area contributed by atoms with Crippen molar-refractivity contribution in [1.29, 1.82) is 0 Å². The van der Waals surface area contributed by atoms with Crippen molar-refractivity contribution >= 4 is 28.4 Å². The van der Waals surface area contributed by atoms with E-state index in [0.29, 0.717) is 5.95 Å². The molecule has 17 heavy (non-hydrogen) atoms. The summed E-state index contributed by atoms with van der Waals surface area (Å²) in [5, 5.41) is 2.06. The van der Waals surface area contributed by atoms with Gasteiger partial charge in [0.1, 0.15) is 5.52 Å². The predicted octanol–water partition coefficient (Wildman–Crippen LogP) is 2.43. The highest BCUT2D eigenvalue weighted by Crippen LogP contribution is 2.20. The van der Waals surface area contributed by atoms with Crippen molar-refractivity contribution in [2.24, 2.45) is 0 Å². The first kappa shape index (κ1) is 10.3. The second-order valence-corrected chi connectivity index (χ2v) is 5.02. The van der Waals surface area contributed by atoms with Crippen molar-refractivity contribution in [2.75, 3.05) is 5.73 Å². The summed E-state index contributed by atoms with van der Waals surface area (Å²) in [6, 6.07) is 6.13. The molecule has 3 aromatic rings. The standard InChI is InChI=1S/C12H12N4S/c1-8-5-10-11(14-6-8)16(12(13)15-10)7-9-3-2-4-17-9/h2-6H,7H2,1H3,(H2,13,15). The molecule has 3 rings (SSSR count). The Kier molecular flexibility index (Phi) is 2.33. The van der Waals surface area contributed by atoms with Gasteiger partial charge in [-0.25, -0.2) is 9.97 Å². The SMILES string of the molecule is Cc1cnc2c(c1)nc(N)n2Cc1cccs1. The number of fused-ring (bicyclic) bond motifs is 1. The molecule has 0 aliphatic heterocycles. The van der Waals surface area contributed by atoms with Crippen LogP contribution in [0.2, 0.25) is 0 Å². The van der Waals surface area contributed by atoms with E-state index in [4.69, 9.17) is 5.73 Å². The molecule has 0 aromatic carbocycles. The zero-order valence-corrected chi connectivity index (χ0v) is 10.2. The van der Waals surface area contributed by atoms with Gasteiger partial charge in [0.15, 0.2) is 5.65 Å². The van der Waals surface area contributed by atoms with Crippen LogP contribution in [-0.2, 0) is 6.54 Å². The van der Waals surface area contributed by atoms with Gasteiger partial charge < -0.3 is 5.73 Å². The molecule has 5 heteroatoms. The van der Waals surface area contributed by atoms with E-state index in [9.17, 15) is 0 Å². The molecule has 0 saturated carbocycles. The van der Waals surface area contributed by atoms with E-state index in [1.54, 1.807) is 11.3 Å². The summed E-state index contributed by atoms with van der Waals surface area (Å²) in [4.78, 5) is 9.99. The quantitative estimate of drug-likeness (QED) is 0.753. The average molecular weight is 244 g/mol. The molecule has 0 aliphatic rings. The molecular formula is C12H12N4S. The number of nitrogens with zero attached hydrogens (tertiary/aromatic N) is 3. The Morgan fingerprint density at radius 1 is 1.47 bits per heavy atom. The van der Waals surface area contributed by atoms with E-state index in [1.165, 1.54) is 4.88 Å². The molecule has 0 unspecified atom stereocenters. The number of nitrogens with two attached hydrogens (primary N) is 1. The molecule has 0 saturated heterocycles. The van der Waals surface area contributed by atoms with Gasteiger partial charge in [-0.3, -0.25) is 4.57 Å². The first-order valence-corrected chi connectivity index (χ1v) is 6.23. The highest BCUT2D eigenvalue weighted by atomic mass is 32.1. The second-order valence-electron chi connectivity index (χ2n) is 3.99. The molecule has 0 aliphatic carbocycles. The largest absolute Gasteiger partial charge is 0.369 e. The minimum absolute atomic E-state index is 0.520. The molecule has 0 fully saturated rings. The third-order valence-electron chi connectivity index (χ3n) is 2.65. The molecule has 2 N–H and O–H groups in total. The molecule has 0 amide bonds. The predicted molar refractivity (Wildman–Crippen MR) is 70.1 cm³/mol. The molecular weight excluding hydrogens is 232 g/mol. The van der Waals surface area contributed by atoms with E-state index < -0.39 is 0 Å². The number of nitrogen functional groups attached to an aromatic ring is 1. The van der Waals surface area contributed by atoms with Crippen molar-refractivity contribution in [1.82, 2.24) is 14.5 Å². The van der Waals surface area contributed by atoms with E-state index in [2.05, 4.69) is 21.4 Å². The monoisotopic (exact) mass is 244 g/mol. The third-order valence-corrected chi connectivity index (χ3v) is 3.51. The number of hydrogen-bond donors (Lipinski definition) is 1. The van der Waals surface area contributed by atoms with E-state index in [1.807, 2.05) is 29.8 Å². The first-order chi connectivity index (χ1) is 8.24. The Balaban J connectivity index is 2.12. The summed E-state index contributed by atoms with van der Waals surface area (Å²) < 4.78 is 1.95. The highest BCUT2D eigenvalue weighted by Gasteiger charge is 2.10. The molecule has 86 valence electrons. The van der Waals surface area contributed by atoms with Crippen molar-refractivity contribution in [2.45, 2.75) is 13.5 Å². The molecule has 0 bridgehead atoms. The lowest BCUT2D eigenvalue weighted by molar-refractivity contribution is 0.841. The zero-order valence-electron chi connectivity index (χ0n) is 9.42. The fraction of sp³-hybridized carbons (Fsp3) is 0.167. The Labute approximate surface area is 103 Å². The third kappa shape index (κ3) is 1.78. The smallest absolute Gasteiger partial charge is 0.202 e. The van der Waals surface area contributed by atoms with Crippen LogP contribution in [0.5, 0.6) is 0 Å². The van der Waals surface area contributed by atoms with Crippen molar-refractivity contribution in [3.8, 4) is 0 Å². The number of anilines is 1. The summed E-state index contributed by atoms with van der Waals surface area (Å²) in [5.41, 5.74) is 8.74. The van der Waals surface area contributed by atoms with Crippen LogP contribution in [0.3, 0.4) is 0 Å². The van der Waals surface area contributed by atoms with E-state index in [0.717, 1.165) is 23.3 Å². The van der Waals surface area contributed by atoms with Crippen LogP contribution >= 0.6 is 11.3 Å². The number of thiophene rings is 1. The normalized spacial score (nSPS) is 11.1. The van der Waals surface area contributed by atoms with E-state index >= 15 is 0 Å². The maximum atomic E-state index is 5.94. The Morgan fingerprint density at radius 3 is 3.12 bits per heavy atom. The van der Waals surface area contributed by atoms with Crippen LogP contribution < -0.4 is 5.73 Å². The van der Waals surface area contributed by atoms with Crippen LogP contribution in [-0.4, -0.2) is 14.5 Å². The van der Waals surface area contributed by atoms with Gasteiger partial charge in [-0.15, -0.1) is 11.3 Å². The molecule has 0 spiro atoms. The van der Waals surface area contributed by atoms with Gasteiger partial charge in [0.25, 0.3) is 0 Å². The summed E-state index contributed by atoms with van der Waals surface area (Å²) in [6.45, 7) is 2.73. The van der Waals surface area contributed by atoms with Crippen molar-refractivity contribution in [3.63, 3.8) is 0 Å². The molecule has 3 heterocycles.